The number of nitrogens with one attached hydrogen (secondary N) is 1. The van der Waals surface area contributed by atoms with Gasteiger partial charge in [-0.2, -0.15) is 4.39 Å². The Morgan fingerprint density at radius 3 is 2.70 bits per heavy atom. The summed E-state index contributed by atoms with van der Waals surface area (Å²) in [5, 5.41) is 13.9. The molecule has 0 radical (unpaired) electrons. The van der Waals surface area contributed by atoms with Gasteiger partial charge in [0.25, 0.3) is 0 Å². The number of hydrogen-bond acceptors (Lipinski definition) is 6. The molecular weight excluding hydrogens is 265 g/mol. The molecule has 0 bridgehead atoms. The number of hydrogen-bond donors (Lipinski definition) is 1. The summed E-state index contributed by atoms with van der Waals surface area (Å²) in [5.41, 5.74) is 0.822. The summed E-state index contributed by atoms with van der Waals surface area (Å²) in [6, 6.07) is 2.77. The van der Waals surface area contributed by atoms with E-state index in [0.29, 0.717) is 17.1 Å². The predicted octanol–water partition coefficient (Wildman–Crippen LogP) is 2.15. The van der Waals surface area contributed by atoms with E-state index >= 15 is 0 Å². The third-order valence-corrected chi connectivity index (χ3v) is 2.60. The Morgan fingerprint density at radius 1 is 1.35 bits per heavy atom. The lowest BCUT2D eigenvalue weighted by Gasteiger charge is -2.08. The van der Waals surface area contributed by atoms with Crippen molar-refractivity contribution >= 4 is 11.5 Å². The molecule has 7 nitrogen and oxygen atoms in total. The van der Waals surface area contributed by atoms with Crippen LogP contribution in [0.1, 0.15) is 17.1 Å². The minimum Gasteiger partial charge on any atom is -0.360 e. The second-order valence-electron chi connectivity index (χ2n) is 4.15. The highest BCUT2D eigenvalue weighted by Crippen LogP contribution is 2.25. The van der Waals surface area contributed by atoms with Crippen LogP contribution < -0.4 is 5.32 Å². The van der Waals surface area contributed by atoms with Crippen LogP contribution in [0.5, 0.6) is 0 Å². The standard InChI is InChI=1S/C12H12FN5O2/c1-7-11(18(19)20)12(17-8(2)16-7)15-6-9-3-4-10(13)14-5-9/h3-5H,6H2,1-2H3,(H,15,16,17). The van der Waals surface area contributed by atoms with E-state index in [-0.39, 0.29) is 18.1 Å². The van der Waals surface area contributed by atoms with Gasteiger partial charge < -0.3 is 5.32 Å². The molecule has 2 aromatic heterocycles. The van der Waals surface area contributed by atoms with E-state index in [1.54, 1.807) is 19.9 Å². The Bertz CT molecular complexity index is 645. The zero-order valence-corrected chi connectivity index (χ0v) is 10.9. The lowest BCUT2D eigenvalue weighted by Crippen LogP contribution is -2.09. The Balaban J connectivity index is 2.24. The van der Waals surface area contributed by atoms with Crippen molar-refractivity contribution in [3.63, 3.8) is 0 Å². The highest BCUT2D eigenvalue weighted by Gasteiger charge is 2.20. The van der Waals surface area contributed by atoms with Crippen molar-refractivity contribution in [1.29, 1.82) is 0 Å². The van der Waals surface area contributed by atoms with Gasteiger partial charge in [-0.15, -0.1) is 0 Å². The number of nitro groups is 1. The van der Waals surface area contributed by atoms with Crippen molar-refractivity contribution in [2.75, 3.05) is 5.32 Å². The van der Waals surface area contributed by atoms with Crippen LogP contribution in [0.2, 0.25) is 0 Å². The van der Waals surface area contributed by atoms with Crippen LogP contribution in [0.25, 0.3) is 0 Å². The van der Waals surface area contributed by atoms with Crippen molar-refractivity contribution in [2.45, 2.75) is 20.4 Å². The fraction of sp³-hybridized carbons (Fsp3) is 0.250. The van der Waals surface area contributed by atoms with Crippen molar-refractivity contribution in [1.82, 2.24) is 15.0 Å². The van der Waals surface area contributed by atoms with E-state index in [0.717, 1.165) is 0 Å². The van der Waals surface area contributed by atoms with Crippen LogP contribution >= 0.6 is 0 Å². The van der Waals surface area contributed by atoms with Gasteiger partial charge in [0.1, 0.15) is 11.5 Å². The molecule has 2 rings (SSSR count). The molecule has 0 saturated heterocycles. The number of anilines is 1. The predicted molar refractivity (Wildman–Crippen MR) is 69.7 cm³/mol. The van der Waals surface area contributed by atoms with Crippen molar-refractivity contribution in [3.05, 3.63) is 51.5 Å². The summed E-state index contributed by atoms with van der Waals surface area (Å²) in [7, 11) is 0. The van der Waals surface area contributed by atoms with Crippen LogP contribution in [0.4, 0.5) is 15.9 Å². The minimum atomic E-state index is -0.576. The lowest BCUT2D eigenvalue weighted by atomic mass is 10.2. The zero-order chi connectivity index (χ0) is 14.7. The average molecular weight is 277 g/mol. The van der Waals surface area contributed by atoms with E-state index in [1.165, 1.54) is 12.3 Å². The molecule has 8 heteroatoms. The van der Waals surface area contributed by atoms with Crippen LogP contribution in [-0.2, 0) is 6.54 Å². The molecule has 104 valence electrons. The molecule has 0 aliphatic heterocycles. The summed E-state index contributed by atoms with van der Waals surface area (Å²) in [5.74, 6) is 0.00520. The van der Waals surface area contributed by atoms with Gasteiger partial charge >= 0.3 is 5.69 Å². The third kappa shape index (κ3) is 3.02. The lowest BCUT2D eigenvalue weighted by molar-refractivity contribution is -0.385. The maximum absolute atomic E-state index is 12.7. The first-order valence-corrected chi connectivity index (χ1v) is 5.81. The number of pyridine rings is 1. The zero-order valence-electron chi connectivity index (χ0n) is 10.9. The molecule has 0 atom stereocenters. The number of aromatic nitrogens is 3. The van der Waals surface area contributed by atoms with Gasteiger partial charge in [0.15, 0.2) is 0 Å². The number of rotatable bonds is 4. The highest BCUT2D eigenvalue weighted by atomic mass is 19.1. The molecule has 0 unspecified atom stereocenters. The first-order valence-electron chi connectivity index (χ1n) is 5.81. The second kappa shape index (κ2) is 5.55. The van der Waals surface area contributed by atoms with Gasteiger partial charge in [0.2, 0.25) is 11.8 Å². The van der Waals surface area contributed by atoms with Crippen LogP contribution in [0, 0.1) is 29.9 Å². The van der Waals surface area contributed by atoms with Gasteiger partial charge in [0, 0.05) is 12.7 Å². The molecule has 0 amide bonds. The van der Waals surface area contributed by atoms with E-state index in [1.807, 2.05) is 0 Å². The van der Waals surface area contributed by atoms with Crippen LogP contribution in [0.15, 0.2) is 18.3 Å². The van der Waals surface area contributed by atoms with Crippen molar-refractivity contribution < 1.29 is 9.31 Å². The fourth-order valence-electron chi connectivity index (χ4n) is 1.75. The molecule has 0 aliphatic carbocycles. The van der Waals surface area contributed by atoms with Gasteiger partial charge in [-0.25, -0.2) is 15.0 Å². The third-order valence-electron chi connectivity index (χ3n) is 2.60. The molecule has 0 fully saturated rings. The topological polar surface area (TPSA) is 93.8 Å². The molecular formula is C12H12FN5O2. The second-order valence-corrected chi connectivity index (χ2v) is 4.15. The van der Waals surface area contributed by atoms with Gasteiger partial charge in [-0.1, -0.05) is 6.07 Å². The Kier molecular flexibility index (Phi) is 3.83. The maximum Gasteiger partial charge on any atom is 0.332 e. The number of halogens is 1. The Labute approximate surface area is 114 Å². The maximum atomic E-state index is 12.7. The Morgan fingerprint density at radius 2 is 2.10 bits per heavy atom. The summed E-state index contributed by atoms with van der Waals surface area (Å²) >= 11 is 0. The molecule has 0 aromatic carbocycles. The first-order chi connectivity index (χ1) is 9.47. The smallest absolute Gasteiger partial charge is 0.332 e. The van der Waals surface area contributed by atoms with Gasteiger partial charge in [-0.05, 0) is 25.5 Å². The minimum absolute atomic E-state index is 0.143. The van der Waals surface area contributed by atoms with E-state index < -0.39 is 10.9 Å². The van der Waals surface area contributed by atoms with Crippen LogP contribution in [0.3, 0.4) is 0 Å². The fourth-order valence-corrected chi connectivity index (χ4v) is 1.75. The van der Waals surface area contributed by atoms with Gasteiger partial charge in [0.05, 0.1) is 4.92 Å². The quantitative estimate of drug-likeness (QED) is 0.522. The van der Waals surface area contributed by atoms with E-state index in [9.17, 15) is 14.5 Å². The molecule has 2 aromatic rings. The molecule has 0 spiro atoms. The SMILES string of the molecule is Cc1nc(C)c([N+](=O)[O-])c(NCc2ccc(F)nc2)n1. The summed E-state index contributed by atoms with van der Waals surface area (Å²) in [6.07, 6.45) is 1.36. The monoisotopic (exact) mass is 277 g/mol. The number of nitrogens with zero attached hydrogens (tertiary/aromatic N) is 4. The first kappa shape index (κ1) is 13.8. The number of aryl methyl sites for hydroxylation is 2. The Hall–Kier alpha value is -2.64. The van der Waals surface area contributed by atoms with Crippen molar-refractivity contribution in [3.8, 4) is 0 Å². The van der Waals surface area contributed by atoms with Gasteiger partial charge in [-0.3, -0.25) is 10.1 Å². The average Bonchev–Trinajstić information content (AvgIpc) is 2.36. The molecule has 20 heavy (non-hydrogen) atoms. The summed E-state index contributed by atoms with van der Waals surface area (Å²) < 4.78 is 12.7. The van der Waals surface area contributed by atoms with E-state index in [2.05, 4.69) is 20.3 Å². The molecule has 0 aliphatic rings. The largest absolute Gasteiger partial charge is 0.360 e. The normalized spacial score (nSPS) is 10.3. The molecule has 1 N–H and O–H groups in total. The van der Waals surface area contributed by atoms with Crippen molar-refractivity contribution in [2.24, 2.45) is 0 Å². The van der Waals surface area contributed by atoms with E-state index in [4.69, 9.17) is 0 Å². The summed E-state index contributed by atoms with van der Waals surface area (Å²) in [6.45, 7) is 3.46. The highest BCUT2D eigenvalue weighted by molar-refractivity contribution is 5.58. The summed E-state index contributed by atoms with van der Waals surface area (Å²) in [4.78, 5) is 22.0. The molecule has 2 heterocycles. The van der Waals surface area contributed by atoms with Crippen LogP contribution in [-0.4, -0.2) is 19.9 Å². The molecule has 0 saturated carbocycles.